The molecule has 0 aromatic carbocycles. The minimum Gasteiger partial charge on any atom is -0.283 e. The summed E-state index contributed by atoms with van der Waals surface area (Å²) in [6.45, 7) is 3.21. The van der Waals surface area contributed by atoms with Gasteiger partial charge in [-0.15, -0.1) is 0 Å². The Morgan fingerprint density at radius 3 is 3.33 bits per heavy atom. The van der Waals surface area contributed by atoms with Crippen LogP contribution in [0.15, 0.2) is 12.3 Å². The summed E-state index contributed by atoms with van der Waals surface area (Å²) in [4.78, 5) is 2.12. The quantitative estimate of drug-likeness (QED) is 0.555. The Bertz CT molecular complexity index is 309. The lowest BCUT2D eigenvalue weighted by Crippen LogP contribution is -2.33. The first kappa shape index (κ1) is 7.32. The molecule has 0 N–H and O–H groups in total. The molecule has 1 aliphatic heterocycles. The maximum absolute atomic E-state index is 8.50. The van der Waals surface area contributed by atoms with Crippen LogP contribution >= 0.6 is 0 Å². The van der Waals surface area contributed by atoms with Gasteiger partial charge in [-0.05, 0) is 6.07 Å². The van der Waals surface area contributed by atoms with Crippen molar-refractivity contribution in [2.75, 3.05) is 13.1 Å². The first-order valence-corrected chi connectivity index (χ1v) is 4.00. The van der Waals surface area contributed by atoms with Gasteiger partial charge >= 0.3 is 0 Å². The Kier molecular flexibility index (Phi) is 1.80. The van der Waals surface area contributed by atoms with Crippen molar-refractivity contribution in [3.8, 4) is 6.07 Å². The molecule has 0 bridgehead atoms. The molecule has 4 heteroatoms. The summed E-state index contributed by atoms with van der Waals surface area (Å²) in [5, 5.41) is 12.7. The molecule has 2 heterocycles. The predicted molar refractivity (Wildman–Crippen MR) is 43.1 cm³/mol. The van der Waals surface area contributed by atoms with Crippen LogP contribution in [0.4, 0.5) is 0 Å². The first-order chi connectivity index (χ1) is 5.90. The highest BCUT2D eigenvalue weighted by atomic mass is 15.3. The van der Waals surface area contributed by atoms with Gasteiger partial charge in [0.25, 0.3) is 0 Å². The van der Waals surface area contributed by atoms with Crippen molar-refractivity contribution in [1.82, 2.24) is 14.7 Å². The van der Waals surface area contributed by atoms with Gasteiger partial charge in [0, 0.05) is 19.3 Å². The maximum Gasteiger partial charge on any atom is 0.0870 e. The van der Waals surface area contributed by atoms with Crippen molar-refractivity contribution in [3.63, 3.8) is 0 Å². The molecule has 0 radical (unpaired) electrons. The van der Waals surface area contributed by atoms with Crippen LogP contribution in [-0.2, 0) is 13.1 Å². The van der Waals surface area contributed by atoms with E-state index in [2.05, 4.69) is 16.1 Å². The molecule has 0 saturated heterocycles. The Morgan fingerprint density at radius 2 is 2.50 bits per heavy atom. The fraction of sp³-hybridized carbons (Fsp3) is 0.500. The van der Waals surface area contributed by atoms with Gasteiger partial charge in [0.1, 0.15) is 0 Å². The molecule has 1 aliphatic rings. The van der Waals surface area contributed by atoms with Crippen LogP contribution in [-0.4, -0.2) is 27.8 Å². The van der Waals surface area contributed by atoms with E-state index in [9.17, 15) is 0 Å². The lowest BCUT2D eigenvalue weighted by Gasteiger charge is -2.24. The smallest absolute Gasteiger partial charge is 0.0870 e. The molecular formula is C8H10N4. The fourth-order valence-electron chi connectivity index (χ4n) is 1.47. The molecule has 0 fully saturated rings. The molecule has 0 aliphatic carbocycles. The Balaban J connectivity index is 2.11. The lowest BCUT2D eigenvalue weighted by molar-refractivity contribution is 0.237. The number of rotatable bonds is 1. The molecule has 12 heavy (non-hydrogen) atoms. The van der Waals surface area contributed by atoms with Crippen molar-refractivity contribution in [3.05, 3.63) is 18.0 Å². The zero-order valence-corrected chi connectivity index (χ0v) is 6.77. The Hall–Kier alpha value is -1.34. The molecular weight excluding hydrogens is 152 g/mol. The average Bonchev–Trinajstić information content (AvgIpc) is 2.51. The van der Waals surface area contributed by atoms with Crippen LogP contribution in [0, 0.1) is 11.3 Å². The summed E-state index contributed by atoms with van der Waals surface area (Å²) in [7, 11) is 0. The monoisotopic (exact) mass is 162 g/mol. The molecule has 1 aromatic heterocycles. The third kappa shape index (κ3) is 1.19. The summed E-state index contributed by atoms with van der Waals surface area (Å²) in [6, 6.07) is 4.16. The van der Waals surface area contributed by atoms with E-state index in [1.807, 2.05) is 16.9 Å². The van der Waals surface area contributed by atoms with E-state index < -0.39 is 0 Å². The van der Waals surface area contributed by atoms with Crippen molar-refractivity contribution < 1.29 is 0 Å². The number of fused-ring (bicyclic) bond motifs is 1. The summed E-state index contributed by atoms with van der Waals surface area (Å²) < 4.78 is 1.99. The van der Waals surface area contributed by atoms with Crippen LogP contribution < -0.4 is 0 Å². The zero-order chi connectivity index (χ0) is 8.39. The second-order valence-corrected chi connectivity index (χ2v) is 2.91. The topological polar surface area (TPSA) is 44.9 Å². The van der Waals surface area contributed by atoms with Crippen molar-refractivity contribution in [2.45, 2.75) is 13.1 Å². The van der Waals surface area contributed by atoms with E-state index in [-0.39, 0.29) is 0 Å². The first-order valence-electron chi connectivity index (χ1n) is 4.00. The van der Waals surface area contributed by atoms with Crippen LogP contribution in [0.1, 0.15) is 5.69 Å². The normalized spacial score (nSPS) is 16.9. The second kappa shape index (κ2) is 2.95. The summed E-state index contributed by atoms with van der Waals surface area (Å²) in [5.74, 6) is 0. The van der Waals surface area contributed by atoms with E-state index in [1.54, 1.807) is 0 Å². The minimum atomic E-state index is 0.519. The van der Waals surface area contributed by atoms with Gasteiger partial charge in [-0.1, -0.05) is 0 Å². The summed E-state index contributed by atoms with van der Waals surface area (Å²) >= 11 is 0. The fourth-order valence-corrected chi connectivity index (χ4v) is 1.47. The number of nitriles is 1. The van der Waals surface area contributed by atoms with Gasteiger partial charge in [0.05, 0.1) is 24.9 Å². The zero-order valence-electron chi connectivity index (χ0n) is 6.77. The van der Waals surface area contributed by atoms with Crippen molar-refractivity contribution in [1.29, 1.82) is 5.26 Å². The van der Waals surface area contributed by atoms with E-state index >= 15 is 0 Å². The molecule has 0 amide bonds. The molecule has 0 unspecified atom stereocenters. The second-order valence-electron chi connectivity index (χ2n) is 2.91. The highest BCUT2D eigenvalue weighted by molar-refractivity contribution is 5.03. The number of hydrogen-bond donors (Lipinski definition) is 0. The Labute approximate surface area is 71.0 Å². The molecule has 0 atom stereocenters. The lowest BCUT2D eigenvalue weighted by atomic mass is 10.3. The average molecular weight is 162 g/mol. The third-order valence-corrected chi connectivity index (χ3v) is 2.11. The van der Waals surface area contributed by atoms with Crippen LogP contribution in [0.2, 0.25) is 0 Å². The van der Waals surface area contributed by atoms with Gasteiger partial charge in [-0.2, -0.15) is 10.4 Å². The number of hydrogen-bond acceptors (Lipinski definition) is 3. The van der Waals surface area contributed by atoms with Crippen LogP contribution in [0.3, 0.4) is 0 Å². The van der Waals surface area contributed by atoms with Gasteiger partial charge in [0.15, 0.2) is 0 Å². The van der Waals surface area contributed by atoms with Gasteiger partial charge in [-0.25, -0.2) is 0 Å². The number of nitrogens with zero attached hydrogens (tertiary/aromatic N) is 4. The highest BCUT2D eigenvalue weighted by Crippen LogP contribution is 2.09. The summed E-state index contributed by atoms with van der Waals surface area (Å²) in [5.41, 5.74) is 1.21. The van der Waals surface area contributed by atoms with Crippen LogP contribution in [0.25, 0.3) is 0 Å². The molecule has 4 nitrogen and oxygen atoms in total. The third-order valence-electron chi connectivity index (χ3n) is 2.11. The van der Waals surface area contributed by atoms with E-state index in [0.29, 0.717) is 6.54 Å². The standard InChI is InChI=1S/C8H10N4/c9-2-4-11-5-6-12-8(7-11)1-3-10-12/h1,3H,4-7H2. The molecule has 2 rings (SSSR count). The maximum atomic E-state index is 8.50. The SMILES string of the molecule is N#CCN1CCn2nccc2C1. The minimum absolute atomic E-state index is 0.519. The van der Waals surface area contributed by atoms with Gasteiger partial charge in [0.2, 0.25) is 0 Å². The van der Waals surface area contributed by atoms with Crippen LogP contribution in [0.5, 0.6) is 0 Å². The van der Waals surface area contributed by atoms with Crippen molar-refractivity contribution in [2.24, 2.45) is 0 Å². The Morgan fingerprint density at radius 1 is 1.58 bits per heavy atom. The highest BCUT2D eigenvalue weighted by Gasteiger charge is 2.14. The van der Waals surface area contributed by atoms with E-state index in [4.69, 9.17) is 5.26 Å². The van der Waals surface area contributed by atoms with Gasteiger partial charge in [-0.3, -0.25) is 9.58 Å². The van der Waals surface area contributed by atoms with E-state index in [0.717, 1.165) is 19.6 Å². The summed E-state index contributed by atoms with van der Waals surface area (Å²) in [6.07, 6.45) is 1.81. The van der Waals surface area contributed by atoms with Gasteiger partial charge < -0.3 is 0 Å². The predicted octanol–water partition coefficient (Wildman–Crippen LogP) is 0.222. The van der Waals surface area contributed by atoms with Crippen molar-refractivity contribution >= 4 is 0 Å². The van der Waals surface area contributed by atoms with E-state index in [1.165, 1.54) is 5.69 Å². The largest absolute Gasteiger partial charge is 0.283 e. The number of aromatic nitrogens is 2. The molecule has 0 spiro atoms. The molecule has 62 valence electrons. The molecule has 1 aromatic rings. The molecule has 0 saturated carbocycles.